The fraction of sp³-hybridized carbons (Fsp3) is 0.538. The molecule has 1 atom stereocenters. The molecule has 0 saturated heterocycles. The number of rotatable bonds is 5. The minimum absolute atomic E-state index is 0.198. The van der Waals surface area contributed by atoms with E-state index in [1.807, 2.05) is 19.1 Å². The van der Waals surface area contributed by atoms with Gasteiger partial charge in [-0.05, 0) is 36.1 Å². The second-order valence-corrected chi connectivity index (χ2v) is 4.90. The van der Waals surface area contributed by atoms with Crippen LogP contribution in [-0.2, 0) is 0 Å². The van der Waals surface area contributed by atoms with Gasteiger partial charge in [-0.2, -0.15) is 0 Å². The molecule has 1 unspecified atom stereocenters. The Morgan fingerprint density at radius 3 is 2.59 bits per heavy atom. The van der Waals surface area contributed by atoms with E-state index in [0.29, 0.717) is 5.92 Å². The third kappa shape index (κ3) is 3.87. The Bertz CT molecular complexity index is 380. The molecule has 4 heteroatoms. The number of nitrogens with two attached hydrogens (primary N) is 1. The van der Waals surface area contributed by atoms with Gasteiger partial charge in [0, 0.05) is 11.6 Å². The van der Waals surface area contributed by atoms with Gasteiger partial charge in [0.05, 0.1) is 0 Å². The van der Waals surface area contributed by atoms with E-state index < -0.39 is 6.10 Å². The SMILES string of the molecule is Cc1cc(OCC(O)CN)c(C(C)C)cc1Cl. The van der Waals surface area contributed by atoms with Crippen molar-refractivity contribution in [3.8, 4) is 5.75 Å². The second-order valence-electron chi connectivity index (χ2n) is 4.49. The van der Waals surface area contributed by atoms with Crippen molar-refractivity contribution in [3.63, 3.8) is 0 Å². The van der Waals surface area contributed by atoms with Crippen LogP contribution in [0.5, 0.6) is 5.75 Å². The van der Waals surface area contributed by atoms with Gasteiger partial charge in [0.25, 0.3) is 0 Å². The standard InChI is InChI=1S/C13H20ClNO2/c1-8(2)11-5-12(14)9(3)4-13(11)17-7-10(16)6-15/h4-5,8,10,16H,6-7,15H2,1-3H3. The molecule has 0 amide bonds. The first-order valence-corrected chi connectivity index (χ1v) is 6.14. The summed E-state index contributed by atoms with van der Waals surface area (Å²) in [6, 6.07) is 3.83. The molecule has 1 aromatic carbocycles. The molecule has 1 aromatic rings. The zero-order valence-corrected chi connectivity index (χ0v) is 11.3. The number of hydrogen-bond acceptors (Lipinski definition) is 3. The topological polar surface area (TPSA) is 55.5 Å². The third-order valence-corrected chi connectivity index (χ3v) is 3.02. The van der Waals surface area contributed by atoms with Crippen LogP contribution in [0.1, 0.15) is 30.9 Å². The number of ether oxygens (including phenoxy) is 1. The third-order valence-electron chi connectivity index (χ3n) is 2.62. The Balaban J connectivity index is 2.92. The summed E-state index contributed by atoms with van der Waals surface area (Å²) in [5, 5.41) is 10.1. The number of aryl methyl sites for hydroxylation is 1. The first kappa shape index (κ1) is 14.3. The van der Waals surface area contributed by atoms with E-state index in [1.54, 1.807) is 0 Å². The van der Waals surface area contributed by atoms with Crippen LogP contribution in [0.4, 0.5) is 0 Å². The summed E-state index contributed by atoms with van der Waals surface area (Å²) in [5.74, 6) is 1.09. The van der Waals surface area contributed by atoms with Crippen molar-refractivity contribution in [3.05, 3.63) is 28.3 Å². The fourth-order valence-electron chi connectivity index (χ4n) is 1.50. The van der Waals surface area contributed by atoms with Gasteiger partial charge in [-0.3, -0.25) is 0 Å². The Morgan fingerprint density at radius 2 is 2.06 bits per heavy atom. The minimum Gasteiger partial charge on any atom is -0.491 e. The molecule has 0 spiro atoms. The lowest BCUT2D eigenvalue weighted by molar-refractivity contribution is 0.113. The van der Waals surface area contributed by atoms with Crippen molar-refractivity contribution < 1.29 is 9.84 Å². The predicted molar refractivity (Wildman–Crippen MR) is 70.8 cm³/mol. The Morgan fingerprint density at radius 1 is 1.41 bits per heavy atom. The van der Waals surface area contributed by atoms with Gasteiger partial charge < -0.3 is 15.6 Å². The molecule has 0 aliphatic heterocycles. The van der Waals surface area contributed by atoms with Crippen molar-refractivity contribution >= 4 is 11.6 Å². The summed E-state index contributed by atoms with van der Waals surface area (Å²) in [6.07, 6.45) is -0.633. The van der Waals surface area contributed by atoms with Gasteiger partial charge >= 0.3 is 0 Å². The van der Waals surface area contributed by atoms with Crippen molar-refractivity contribution in [2.24, 2.45) is 5.73 Å². The summed E-state index contributed by atoms with van der Waals surface area (Å²) in [6.45, 7) is 6.49. The molecule has 3 N–H and O–H groups in total. The maximum Gasteiger partial charge on any atom is 0.123 e. The van der Waals surface area contributed by atoms with Crippen LogP contribution in [0.2, 0.25) is 5.02 Å². The summed E-state index contributed by atoms with van der Waals surface area (Å²) in [4.78, 5) is 0. The van der Waals surface area contributed by atoms with Gasteiger partial charge in [-0.1, -0.05) is 25.4 Å². The molecule has 0 bridgehead atoms. The normalized spacial score (nSPS) is 12.9. The van der Waals surface area contributed by atoms with Gasteiger partial charge in [-0.15, -0.1) is 0 Å². The zero-order valence-electron chi connectivity index (χ0n) is 10.5. The zero-order chi connectivity index (χ0) is 13.0. The average Bonchev–Trinajstić information content (AvgIpc) is 2.29. The first-order valence-electron chi connectivity index (χ1n) is 5.76. The quantitative estimate of drug-likeness (QED) is 0.852. The molecule has 1 rings (SSSR count). The molecule has 0 aromatic heterocycles. The molecule has 17 heavy (non-hydrogen) atoms. The molecule has 0 aliphatic carbocycles. The van der Waals surface area contributed by atoms with E-state index in [9.17, 15) is 5.11 Å². The van der Waals surface area contributed by atoms with Gasteiger partial charge in [0.2, 0.25) is 0 Å². The molecule has 0 aliphatic rings. The second kappa shape index (κ2) is 6.24. The number of aliphatic hydroxyl groups excluding tert-OH is 1. The van der Waals surface area contributed by atoms with Crippen LogP contribution in [0.3, 0.4) is 0 Å². The Labute approximate surface area is 108 Å². The average molecular weight is 258 g/mol. The largest absolute Gasteiger partial charge is 0.491 e. The van der Waals surface area contributed by atoms with Crippen LogP contribution in [0, 0.1) is 6.92 Å². The van der Waals surface area contributed by atoms with Crippen molar-refractivity contribution in [2.45, 2.75) is 32.8 Å². The lowest BCUT2D eigenvalue weighted by Crippen LogP contribution is -2.26. The monoisotopic (exact) mass is 257 g/mol. The van der Waals surface area contributed by atoms with Crippen molar-refractivity contribution in [1.82, 2.24) is 0 Å². The van der Waals surface area contributed by atoms with Gasteiger partial charge in [-0.25, -0.2) is 0 Å². The lowest BCUT2D eigenvalue weighted by Gasteiger charge is -2.17. The number of benzene rings is 1. The van der Waals surface area contributed by atoms with Crippen LogP contribution in [0.15, 0.2) is 12.1 Å². The number of halogens is 1. The maximum absolute atomic E-state index is 9.40. The lowest BCUT2D eigenvalue weighted by atomic mass is 10.0. The van der Waals surface area contributed by atoms with Crippen LogP contribution < -0.4 is 10.5 Å². The van der Waals surface area contributed by atoms with Crippen LogP contribution >= 0.6 is 11.6 Å². The predicted octanol–water partition coefficient (Wildman–Crippen LogP) is 2.47. The summed E-state index contributed by atoms with van der Waals surface area (Å²) in [5.41, 5.74) is 7.35. The molecule has 96 valence electrons. The van der Waals surface area contributed by atoms with Crippen molar-refractivity contribution in [1.29, 1.82) is 0 Å². The van der Waals surface area contributed by atoms with Crippen LogP contribution in [-0.4, -0.2) is 24.4 Å². The fourth-order valence-corrected chi connectivity index (χ4v) is 1.67. The highest BCUT2D eigenvalue weighted by Gasteiger charge is 2.12. The highest BCUT2D eigenvalue weighted by atomic mass is 35.5. The Kier molecular flexibility index (Phi) is 5.25. The minimum atomic E-state index is -0.633. The highest BCUT2D eigenvalue weighted by Crippen LogP contribution is 2.31. The van der Waals surface area contributed by atoms with Crippen LogP contribution in [0.25, 0.3) is 0 Å². The molecule has 0 saturated carbocycles. The Hall–Kier alpha value is -0.770. The highest BCUT2D eigenvalue weighted by molar-refractivity contribution is 6.31. The summed E-state index contributed by atoms with van der Waals surface area (Å²) < 4.78 is 5.60. The number of aliphatic hydroxyl groups is 1. The van der Waals surface area contributed by atoms with E-state index in [2.05, 4.69) is 13.8 Å². The van der Waals surface area contributed by atoms with E-state index in [0.717, 1.165) is 21.9 Å². The van der Waals surface area contributed by atoms with E-state index in [4.69, 9.17) is 22.1 Å². The molecular weight excluding hydrogens is 238 g/mol. The summed E-state index contributed by atoms with van der Waals surface area (Å²) >= 11 is 6.09. The van der Waals surface area contributed by atoms with E-state index in [-0.39, 0.29) is 13.2 Å². The van der Waals surface area contributed by atoms with Gasteiger partial charge in [0.15, 0.2) is 0 Å². The summed E-state index contributed by atoms with van der Waals surface area (Å²) in [7, 11) is 0. The maximum atomic E-state index is 9.40. The smallest absolute Gasteiger partial charge is 0.123 e. The first-order chi connectivity index (χ1) is 7.95. The molecular formula is C13H20ClNO2. The molecule has 0 radical (unpaired) electrons. The molecule has 0 heterocycles. The molecule has 3 nitrogen and oxygen atoms in total. The van der Waals surface area contributed by atoms with Gasteiger partial charge in [0.1, 0.15) is 18.5 Å². The van der Waals surface area contributed by atoms with E-state index >= 15 is 0 Å². The van der Waals surface area contributed by atoms with Crippen molar-refractivity contribution in [2.75, 3.05) is 13.2 Å². The molecule has 0 fully saturated rings. The number of hydrogen-bond donors (Lipinski definition) is 2. The van der Waals surface area contributed by atoms with E-state index in [1.165, 1.54) is 0 Å².